The zero-order valence-electron chi connectivity index (χ0n) is 21.0. The minimum Gasteiger partial charge on any atom is -0.493 e. The predicted molar refractivity (Wildman–Crippen MR) is 138 cm³/mol. The first-order chi connectivity index (χ1) is 17.6. The van der Waals surface area contributed by atoms with Crippen LogP contribution in [0.5, 0.6) is 23.0 Å². The molecule has 1 heterocycles. The molecular formula is C28H31N3O5. The quantitative estimate of drug-likeness (QED) is 0.331. The Bertz CT molecular complexity index is 1310. The number of carbonyl (C=O) groups is 1. The van der Waals surface area contributed by atoms with Gasteiger partial charge in [-0.2, -0.15) is 0 Å². The molecule has 0 spiro atoms. The number of benzene rings is 3. The van der Waals surface area contributed by atoms with Gasteiger partial charge in [0.25, 0.3) is 5.91 Å². The number of aromatic nitrogens is 2. The van der Waals surface area contributed by atoms with Crippen LogP contribution in [0.25, 0.3) is 11.0 Å². The first-order valence-electron chi connectivity index (χ1n) is 11.8. The summed E-state index contributed by atoms with van der Waals surface area (Å²) in [7, 11) is 4.55. The smallest absolute Gasteiger partial charge is 0.251 e. The van der Waals surface area contributed by atoms with Gasteiger partial charge in [-0.25, -0.2) is 4.98 Å². The van der Waals surface area contributed by atoms with E-state index in [-0.39, 0.29) is 12.5 Å². The molecule has 188 valence electrons. The minimum atomic E-state index is -0.278. The number of carbonyl (C=O) groups excluding carboxylic acids is 1. The second kappa shape index (κ2) is 11.5. The molecule has 4 aromatic rings. The first-order valence-corrected chi connectivity index (χ1v) is 11.8. The third kappa shape index (κ3) is 5.38. The van der Waals surface area contributed by atoms with E-state index in [1.807, 2.05) is 36.4 Å². The molecule has 36 heavy (non-hydrogen) atoms. The molecule has 0 saturated heterocycles. The van der Waals surface area contributed by atoms with Crippen LogP contribution in [0, 0.1) is 0 Å². The number of amides is 1. The van der Waals surface area contributed by atoms with Crippen molar-refractivity contribution in [1.29, 1.82) is 0 Å². The topological polar surface area (TPSA) is 83.8 Å². The summed E-state index contributed by atoms with van der Waals surface area (Å²) >= 11 is 0. The highest BCUT2D eigenvalue weighted by Crippen LogP contribution is 2.38. The second-order valence-corrected chi connectivity index (χ2v) is 8.11. The zero-order chi connectivity index (χ0) is 25.5. The summed E-state index contributed by atoms with van der Waals surface area (Å²) in [6.07, 6.45) is 0.993. The van der Waals surface area contributed by atoms with Gasteiger partial charge in [0.15, 0.2) is 11.5 Å². The molecule has 4 rings (SSSR count). The van der Waals surface area contributed by atoms with Gasteiger partial charge < -0.3 is 28.8 Å². The molecule has 0 fully saturated rings. The number of hydrogen-bond donors (Lipinski definition) is 1. The fourth-order valence-corrected chi connectivity index (χ4v) is 4.06. The number of imidazole rings is 1. The van der Waals surface area contributed by atoms with Crippen LogP contribution in [0.1, 0.15) is 28.7 Å². The van der Waals surface area contributed by atoms with Crippen molar-refractivity contribution >= 4 is 16.9 Å². The van der Waals surface area contributed by atoms with Gasteiger partial charge in [-0.3, -0.25) is 4.79 Å². The van der Waals surface area contributed by atoms with Gasteiger partial charge in [-0.05, 0) is 48.4 Å². The van der Waals surface area contributed by atoms with Crippen LogP contribution in [0.3, 0.4) is 0 Å². The van der Waals surface area contributed by atoms with Crippen LogP contribution < -0.4 is 24.3 Å². The third-order valence-corrected chi connectivity index (χ3v) is 5.98. The largest absolute Gasteiger partial charge is 0.493 e. The zero-order valence-corrected chi connectivity index (χ0v) is 21.0. The van der Waals surface area contributed by atoms with Gasteiger partial charge in [0.05, 0.1) is 45.5 Å². The molecule has 0 bridgehead atoms. The van der Waals surface area contributed by atoms with E-state index in [2.05, 4.69) is 28.9 Å². The maximum absolute atomic E-state index is 13.0. The van der Waals surface area contributed by atoms with Crippen LogP contribution in [0.15, 0.2) is 60.7 Å². The maximum Gasteiger partial charge on any atom is 0.251 e. The fourth-order valence-electron chi connectivity index (χ4n) is 4.06. The average molecular weight is 490 g/mol. The van der Waals surface area contributed by atoms with Gasteiger partial charge in [0, 0.05) is 5.56 Å². The molecule has 3 aromatic carbocycles. The molecule has 0 aliphatic carbocycles. The van der Waals surface area contributed by atoms with Crippen LogP contribution in [-0.4, -0.2) is 43.4 Å². The second-order valence-electron chi connectivity index (χ2n) is 8.11. The number of hydrogen-bond acceptors (Lipinski definition) is 6. The Morgan fingerprint density at radius 2 is 1.64 bits per heavy atom. The molecule has 8 heteroatoms. The van der Waals surface area contributed by atoms with Gasteiger partial charge in [0.2, 0.25) is 5.75 Å². The molecule has 0 radical (unpaired) electrons. The molecule has 0 aliphatic heterocycles. The van der Waals surface area contributed by atoms with Crippen LogP contribution in [0.2, 0.25) is 0 Å². The molecule has 0 aliphatic rings. The van der Waals surface area contributed by atoms with Crippen molar-refractivity contribution < 1.29 is 23.7 Å². The van der Waals surface area contributed by atoms with Gasteiger partial charge in [0.1, 0.15) is 18.2 Å². The summed E-state index contributed by atoms with van der Waals surface area (Å²) in [5.41, 5.74) is 3.51. The highest BCUT2D eigenvalue weighted by molar-refractivity contribution is 5.95. The Hall–Kier alpha value is -4.20. The lowest BCUT2D eigenvalue weighted by Crippen LogP contribution is -2.25. The number of fused-ring (bicyclic) bond motifs is 1. The van der Waals surface area contributed by atoms with Gasteiger partial charge in [-0.15, -0.1) is 0 Å². The SMILES string of the molecule is CCc1ccc(OCCn2c(CNC(=O)c3cc(OC)c(OC)c(OC)c3)nc3ccccc32)cc1. The number of methoxy groups -OCH3 is 3. The lowest BCUT2D eigenvalue weighted by Gasteiger charge is -2.14. The number of nitrogens with zero attached hydrogens (tertiary/aromatic N) is 2. The molecule has 1 N–H and O–H groups in total. The normalized spacial score (nSPS) is 10.8. The van der Waals surface area contributed by atoms with E-state index in [4.69, 9.17) is 23.9 Å². The Morgan fingerprint density at radius 3 is 2.28 bits per heavy atom. The van der Waals surface area contributed by atoms with Crippen molar-refractivity contribution in [3.8, 4) is 23.0 Å². The fraction of sp³-hybridized carbons (Fsp3) is 0.286. The van der Waals surface area contributed by atoms with E-state index in [1.54, 1.807) is 12.1 Å². The number of ether oxygens (including phenoxy) is 4. The summed E-state index contributed by atoms with van der Waals surface area (Å²) in [5.74, 6) is 2.55. The van der Waals surface area contributed by atoms with Gasteiger partial charge in [-0.1, -0.05) is 31.2 Å². The molecule has 1 aromatic heterocycles. The summed E-state index contributed by atoms with van der Waals surface area (Å²) in [4.78, 5) is 17.8. The number of nitrogens with one attached hydrogen (secondary N) is 1. The van der Waals surface area contributed by atoms with Crippen molar-refractivity contribution in [3.63, 3.8) is 0 Å². The molecule has 0 saturated carbocycles. The summed E-state index contributed by atoms with van der Waals surface area (Å²) in [6, 6.07) is 19.3. The van der Waals surface area contributed by atoms with Crippen molar-refractivity contribution in [2.24, 2.45) is 0 Å². The average Bonchev–Trinajstić information content (AvgIpc) is 3.28. The van der Waals surface area contributed by atoms with E-state index < -0.39 is 0 Å². The highest BCUT2D eigenvalue weighted by atomic mass is 16.5. The Balaban J connectivity index is 1.49. The lowest BCUT2D eigenvalue weighted by atomic mass is 10.1. The van der Waals surface area contributed by atoms with Crippen LogP contribution in [-0.2, 0) is 19.5 Å². The van der Waals surface area contributed by atoms with E-state index in [0.29, 0.717) is 36.0 Å². The molecule has 0 atom stereocenters. The predicted octanol–water partition coefficient (Wildman–Crippen LogP) is 4.63. The van der Waals surface area contributed by atoms with Crippen molar-refractivity contribution in [2.75, 3.05) is 27.9 Å². The standard InChI is InChI=1S/C28H31N3O5/c1-5-19-10-12-21(13-11-19)36-15-14-31-23-9-7-6-8-22(23)30-26(31)18-29-28(32)20-16-24(33-2)27(35-4)25(17-20)34-3/h6-13,16-17H,5,14-15,18H2,1-4H3,(H,29,32). The summed E-state index contributed by atoms with van der Waals surface area (Å²) < 4.78 is 24.1. The van der Waals surface area contributed by atoms with E-state index in [9.17, 15) is 4.79 Å². The minimum absolute atomic E-state index is 0.245. The maximum atomic E-state index is 13.0. The van der Waals surface area contributed by atoms with E-state index in [1.165, 1.54) is 26.9 Å². The number of aryl methyl sites for hydroxylation is 1. The molecule has 0 unspecified atom stereocenters. The Kier molecular flexibility index (Phi) is 7.95. The molecule has 1 amide bonds. The number of para-hydroxylation sites is 2. The first kappa shape index (κ1) is 24.9. The summed E-state index contributed by atoms with van der Waals surface area (Å²) in [6.45, 7) is 3.43. The monoisotopic (exact) mass is 489 g/mol. The van der Waals surface area contributed by atoms with E-state index >= 15 is 0 Å². The highest BCUT2D eigenvalue weighted by Gasteiger charge is 2.18. The van der Waals surface area contributed by atoms with Crippen molar-refractivity contribution in [3.05, 3.63) is 77.6 Å². The molecular weight excluding hydrogens is 458 g/mol. The van der Waals surface area contributed by atoms with Crippen molar-refractivity contribution in [1.82, 2.24) is 14.9 Å². The third-order valence-electron chi connectivity index (χ3n) is 5.98. The Labute approximate surface area is 210 Å². The lowest BCUT2D eigenvalue weighted by molar-refractivity contribution is 0.0948. The molecule has 8 nitrogen and oxygen atoms in total. The van der Waals surface area contributed by atoms with E-state index in [0.717, 1.165) is 29.0 Å². The Morgan fingerprint density at radius 1 is 0.944 bits per heavy atom. The summed E-state index contributed by atoms with van der Waals surface area (Å²) in [5, 5.41) is 2.96. The van der Waals surface area contributed by atoms with Crippen molar-refractivity contribution in [2.45, 2.75) is 26.4 Å². The van der Waals surface area contributed by atoms with Gasteiger partial charge >= 0.3 is 0 Å². The van der Waals surface area contributed by atoms with Crippen LogP contribution in [0.4, 0.5) is 0 Å². The number of rotatable bonds is 11. The van der Waals surface area contributed by atoms with Crippen LogP contribution >= 0.6 is 0 Å².